The highest BCUT2D eigenvalue weighted by atomic mass is 35.5. The summed E-state index contributed by atoms with van der Waals surface area (Å²) in [6, 6.07) is 13.2. The van der Waals surface area contributed by atoms with Gasteiger partial charge in [0.15, 0.2) is 5.76 Å². The van der Waals surface area contributed by atoms with E-state index in [2.05, 4.69) is 5.16 Å². The molecule has 0 aliphatic rings. The van der Waals surface area contributed by atoms with Gasteiger partial charge in [-0.25, -0.2) is 4.39 Å². The van der Waals surface area contributed by atoms with Gasteiger partial charge in [0.25, 0.3) is 0 Å². The number of rotatable bonds is 3. The molecule has 0 atom stereocenters. The van der Waals surface area contributed by atoms with Gasteiger partial charge in [-0.2, -0.15) is 0 Å². The Morgan fingerprint density at radius 3 is 2.67 bits per heavy atom. The summed E-state index contributed by atoms with van der Waals surface area (Å²) in [7, 11) is 0. The Kier molecular flexibility index (Phi) is 3.73. The van der Waals surface area contributed by atoms with E-state index < -0.39 is 5.82 Å². The molecule has 3 aromatic rings. The van der Waals surface area contributed by atoms with Gasteiger partial charge in [-0.1, -0.05) is 41.0 Å². The largest absolute Gasteiger partial charge is 0.391 e. The van der Waals surface area contributed by atoms with Gasteiger partial charge in [0, 0.05) is 16.1 Å². The fraction of sp³-hybridized carbons (Fsp3) is 0.0625. The molecule has 5 heteroatoms. The monoisotopic (exact) mass is 303 g/mol. The Balaban J connectivity index is 2.16. The number of aliphatic hydroxyl groups excluding tert-OH is 1. The van der Waals surface area contributed by atoms with Crippen molar-refractivity contribution in [2.75, 3.05) is 0 Å². The number of aromatic nitrogens is 1. The lowest BCUT2D eigenvalue weighted by atomic mass is 10.0. The smallest absolute Gasteiger partial charge is 0.173 e. The van der Waals surface area contributed by atoms with Crippen LogP contribution in [0.25, 0.3) is 22.6 Å². The topological polar surface area (TPSA) is 46.3 Å². The number of hydrogen-bond donors (Lipinski definition) is 1. The minimum absolute atomic E-state index is 0.290. The predicted molar refractivity (Wildman–Crippen MR) is 78.3 cm³/mol. The van der Waals surface area contributed by atoms with Crippen molar-refractivity contribution in [1.29, 1.82) is 0 Å². The first-order chi connectivity index (χ1) is 10.2. The summed E-state index contributed by atoms with van der Waals surface area (Å²) in [6.07, 6.45) is 0. The number of halogens is 2. The summed E-state index contributed by atoms with van der Waals surface area (Å²) in [5.41, 5.74) is 1.70. The van der Waals surface area contributed by atoms with Crippen molar-refractivity contribution >= 4 is 11.6 Å². The summed E-state index contributed by atoms with van der Waals surface area (Å²) in [5, 5.41) is 14.1. The molecule has 0 saturated heterocycles. The van der Waals surface area contributed by atoms with Crippen molar-refractivity contribution in [2.24, 2.45) is 0 Å². The first kappa shape index (κ1) is 13.8. The van der Waals surface area contributed by atoms with Crippen LogP contribution in [-0.4, -0.2) is 10.3 Å². The van der Waals surface area contributed by atoms with Crippen LogP contribution >= 0.6 is 11.6 Å². The van der Waals surface area contributed by atoms with Gasteiger partial charge >= 0.3 is 0 Å². The first-order valence-corrected chi connectivity index (χ1v) is 6.68. The zero-order chi connectivity index (χ0) is 14.8. The Morgan fingerprint density at radius 2 is 1.95 bits per heavy atom. The van der Waals surface area contributed by atoms with Crippen molar-refractivity contribution in [3.05, 3.63) is 64.9 Å². The van der Waals surface area contributed by atoms with Gasteiger partial charge < -0.3 is 9.63 Å². The van der Waals surface area contributed by atoms with Crippen LogP contribution in [0.3, 0.4) is 0 Å². The molecule has 0 unspecified atom stereocenters. The predicted octanol–water partition coefficient (Wildman–Crippen LogP) is 4.29. The maximum atomic E-state index is 13.9. The minimum Gasteiger partial charge on any atom is -0.391 e. The molecule has 3 rings (SSSR count). The molecule has 1 heterocycles. The fourth-order valence-corrected chi connectivity index (χ4v) is 2.37. The Hall–Kier alpha value is -2.17. The highest BCUT2D eigenvalue weighted by Crippen LogP contribution is 2.34. The molecule has 0 bridgehead atoms. The highest BCUT2D eigenvalue weighted by molar-refractivity contribution is 6.30. The number of benzene rings is 2. The van der Waals surface area contributed by atoms with Crippen LogP contribution in [0.4, 0.5) is 4.39 Å². The first-order valence-electron chi connectivity index (χ1n) is 6.31. The second-order valence-corrected chi connectivity index (χ2v) is 4.92. The summed E-state index contributed by atoms with van der Waals surface area (Å²) in [6.45, 7) is -0.311. The van der Waals surface area contributed by atoms with Gasteiger partial charge in [0.05, 0.1) is 12.2 Å². The molecular formula is C16H11ClFNO2. The lowest BCUT2D eigenvalue weighted by Gasteiger charge is -2.02. The van der Waals surface area contributed by atoms with E-state index in [1.165, 1.54) is 6.07 Å². The summed E-state index contributed by atoms with van der Waals surface area (Å²) < 4.78 is 19.2. The van der Waals surface area contributed by atoms with Crippen LogP contribution in [0.15, 0.2) is 53.1 Å². The van der Waals surface area contributed by atoms with Crippen molar-refractivity contribution in [3.8, 4) is 22.6 Å². The number of nitrogens with zero attached hydrogens (tertiary/aromatic N) is 1. The second-order valence-electron chi connectivity index (χ2n) is 4.49. The molecule has 0 aliphatic heterocycles. The average molecular weight is 304 g/mol. The van der Waals surface area contributed by atoms with E-state index in [4.69, 9.17) is 16.1 Å². The van der Waals surface area contributed by atoms with Crippen LogP contribution < -0.4 is 0 Å². The van der Waals surface area contributed by atoms with Crippen LogP contribution in [0.2, 0.25) is 5.02 Å². The van der Waals surface area contributed by atoms with E-state index in [9.17, 15) is 9.50 Å². The molecular weight excluding hydrogens is 293 g/mol. The molecule has 0 radical (unpaired) electrons. The third-order valence-electron chi connectivity index (χ3n) is 3.16. The van der Waals surface area contributed by atoms with Crippen LogP contribution in [0.1, 0.15) is 5.56 Å². The average Bonchev–Trinajstić information content (AvgIpc) is 2.91. The molecule has 1 aromatic heterocycles. The lowest BCUT2D eigenvalue weighted by molar-refractivity contribution is 0.281. The molecule has 21 heavy (non-hydrogen) atoms. The van der Waals surface area contributed by atoms with E-state index in [1.54, 1.807) is 42.5 Å². The van der Waals surface area contributed by atoms with E-state index in [-0.39, 0.29) is 6.61 Å². The minimum atomic E-state index is -0.418. The molecule has 0 saturated carbocycles. The number of hydrogen-bond acceptors (Lipinski definition) is 3. The van der Waals surface area contributed by atoms with Gasteiger partial charge in [-0.05, 0) is 24.3 Å². The molecule has 0 fully saturated rings. The van der Waals surface area contributed by atoms with Crippen LogP contribution in [0, 0.1) is 5.82 Å². The summed E-state index contributed by atoms with van der Waals surface area (Å²) in [4.78, 5) is 0. The molecule has 3 nitrogen and oxygen atoms in total. The van der Waals surface area contributed by atoms with E-state index >= 15 is 0 Å². The molecule has 0 spiro atoms. The van der Waals surface area contributed by atoms with Crippen molar-refractivity contribution in [1.82, 2.24) is 5.16 Å². The van der Waals surface area contributed by atoms with Gasteiger partial charge in [-0.3, -0.25) is 0 Å². The normalized spacial score (nSPS) is 10.8. The SMILES string of the molecule is OCc1c(-c2ccccc2F)noc1-c1cccc(Cl)c1. The number of aliphatic hydroxyl groups is 1. The van der Waals surface area contributed by atoms with E-state index in [1.807, 2.05) is 0 Å². The molecule has 0 aliphatic carbocycles. The Morgan fingerprint density at radius 1 is 1.14 bits per heavy atom. The quantitative estimate of drug-likeness (QED) is 0.785. The third-order valence-corrected chi connectivity index (χ3v) is 3.40. The molecule has 0 amide bonds. The Labute approximate surface area is 125 Å². The maximum Gasteiger partial charge on any atom is 0.173 e. The molecule has 106 valence electrons. The van der Waals surface area contributed by atoms with Gasteiger partial charge in [-0.15, -0.1) is 0 Å². The molecule has 2 aromatic carbocycles. The zero-order valence-corrected chi connectivity index (χ0v) is 11.6. The standard InChI is InChI=1S/C16H11ClFNO2/c17-11-5-3-4-10(8-11)16-13(9-20)15(19-21-16)12-6-1-2-7-14(12)18/h1-8,20H,9H2. The zero-order valence-electron chi connectivity index (χ0n) is 10.9. The van der Waals surface area contributed by atoms with Crippen molar-refractivity contribution in [2.45, 2.75) is 6.61 Å². The highest BCUT2D eigenvalue weighted by Gasteiger charge is 2.20. The maximum absolute atomic E-state index is 13.9. The third kappa shape index (κ3) is 2.55. The second kappa shape index (κ2) is 5.68. The van der Waals surface area contributed by atoms with Gasteiger partial charge in [0.1, 0.15) is 11.5 Å². The van der Waals surface area contributed by atoms with Crippen molar-refractivity contribution in [3.63, 3.8) is 0 Å². The van der Waals surface area contributed by atoms with Crippen LogP contribution in [0.5, 0.6) is 0 Å². The lowest BCUT2D eigenvalue weighted by Crippen LogP contribution is -1.91. The summed E-state index contributed by atoms with van der Waals surface area (Å²) in [5.74, 6) is -0.0311. The fourth-order valence-electron chi connectivity index (χ4n) is 2.18. The van der Waals surface area contributed by atoms with E-state index in [0.29, 0.717) is 33.2 Å². The van der Waals surface area contributed by atoms with Crippen molar-refractivity contribution < 1.29 is 14.0 Å². The Bertz CT molecular complexity index is 785. The van der Waals surface area contributed by atoms with E-state index in [0.717, 1.165) is 0 Å². The molecule has 1 N–H and O–H groups in total. The van der Waals surface area contributed by atoms with Crippen LogP contribution in [-0.2, 0) is 6.61 Å². The van der Waals surface area contributed by atoms with Gasteiger partial charge in [0.2, 0.25) is 0 Å². The summed E-state index contributed by atoms with van der Waals surface area (Å²) >= 11 is 5.95.